The second-order valence-corrected chi connectivity index (χ2v) is 7.85. The molecule has 24 heavy (non-hydrogen) atoms. The van der Waals surface area contributed by atoms with Crippen molar-refractivity contribution in [3.05, 3.63) is 41.5 Å². The van der Waals surface area contributed by atoms with Gasteiger partial charge in [0.15, 0.2) is 5.82 Å². The van der Waals surface area contributed by atoms with E-state index in [1.54, 1.807) is 23.4 Å². The topological polar surface area (TPSA) is 79.5 Å². The second kappa shape index (κ2) is 7.00. The van der Waals surface area contributed by atoms with Crippen LogP contribution in [-0.2, 0) is 23.0 Å². The van der Waals surface area contributed by atoms with Crippen LogP contribution in [0.25, 0.3) is 0 Å². The van der Waals surface area contributed by atoms with Gasteiger partial charge in [-0.05, 0) is 24.1 Å². The Labute approximate surface area is 142 Å². The molecule has 3 rings (SSSR count). The van der Waals surface area contributed by atoms with Crippen LogP contribution in [0.15, 0.2) is 33.7 Å². The Bertz CT molecular complexity index is 778. The highest BCUT2D eigenvalue weighted by Gasteiger charge is 2.28. The highest BCUT2D eigenvalue weighted by Crippen LogP contribution is 2.19. The molecule has 0 bridgehead atoms. The summed E-state index contributed by atoms with van der Waals surface area (Å²) < 4.78 is 32.0. The fraction of sp³-hybridized carbons (Fsp3) is 0.500. The molecule has 8 heteroatoms. The van der Waals surface area contributed by atoms with Gasteiger partial charge in [0.05, 0.1) is 11.4 Å². The van der Waals surface area contributed by atoms with E-state index in [0.717, 1.165) is 12.0 Å². The van der Waals surface area contributed by atoms with E-state index in [4.69, 9.17) is 4.52 Å². The number of benzene rings is 1. The Kier molecular flexibility index (Phi) is 4.98. The van der Waals surface area contributed by atoms with Crippen molar-refractivity contribution in [2.45, 2.75) is 31.7 Å². The SMILES string of the molecule is CCc1ccc(S(=O)(=O)N2CCN(Cc3noc(C)n3)CC2)cc1. The summed E-state index contributed by atoms with van der Waals surface area (Å²) in [6, 6.07) is 7.15. The van der Waals surface area contributed by atoms with Crippen molar-refractivity contribution in [1.82, 2.24) is 19.3 Å². The van der Waals surface area contributed by atoms with E-state index in [0.29, 0.717) is 49.3 Å². The quantitative estimate of drug-likeness (QED) is 0.812. The summed E-state index contributed by atoms with van der Waals surface area (Å²) in [6.45, 7) is 6.62. The van der Waals surface area contributed by atoms with Crippen LogP contribution in [0, 0.1) is 6.92 Å². The highest BCUT2D eigenvalue weighted by atomic mass is 32.2. The van der Waals surface area contributed by atoms with E-state index < -0.39 is 10.0 Å². The van der Waals surface area contributed by atoms with E-state index in [9.17, 15) is 8.42 Å². The van der Waals surface area contributed by atoms with Crippen LogP contribution in [-0.4, -0.2) is 53.9 Å². The molecule has 7 nitrogen and oxygen atoms in total. The summed E-state index contributed by atoms with van der Waals surface area (Å²) in [4.78, 5) is 6.68. The van der Waals surface area contributed by atoms with Crippen molar-refractivity contribution in [2.75, 3.05) is 26.2 Å². The molecular weight excluding hydrogens is 328 g/mol. The predicted molar refractivity (Wildman–Crippen MR) is 88.9 cm³/mol. The molecule has 0 aliphatic carbocycles. The van der Waals surface area contributed by atoms with Crippen LogP contribution in [0.4, 0.5) is 0 Å². The maximum absolute atomic E-state index is 12.7. The Hall–Kier alpha value is -1.77. The molecule has 130 valence electrons. The molecule has 2 aromatic rings. The first-order valence-corrected chi connectivity index (χ1v) is 9.53. The minimum Gasteiger partial charge on any atom is -0.340 e. The van der Waals surface area contributed by atoms with Crippen LogP contribution in [0.5, 0.6) is 0 Å². The molecule has 0 unspecified atom stereocenters. The number of rotatable bonds is 5. The fourth-order valence-electron chi connectivity index (χ4n) is 2.78. The van der Waals surface area contributed by atoms with E-state index in [2.05, 4.69) is 15.0 Å². The lowest BCUT2D eigenvalue weighted by Crippen LogP contribution is -2.48. The van der Waals surface area contributed by atoms with Gasteiger partial charge >= 0.3 is 0 Å². The van der Waals surface area contributed by atoms with E-state index in [1.807, 2.05) is 19.1 Å². The van der Waals surface area contributed by atoms with Crippen LogP contribution in [0.3, 0.4) is 0 Å². The largest absolute Gasteiger partial charge is 0.340 e. The zero-order valence-corrected chi connectivity index (χ0v) is 14.8. The molecule has 0 N–H and O–H groups in total. The third-order valence-electron chi connectivity index (χ3n) is 4.24. The summed E-state index contributed by atoms with van der Waals surface area (Å²) in [5, 5.41) is 3.88. The van der Waals surface area contributed by atoms with Gasteiger partial charge in [0.2, 0.25) is 15.9 Å². The van der Waals surface area contributed by atoms with Crippen LogP contribution in [0.1, 0.15) is 24.2 Å². The average Bonchev–Trinajstić information content (AvgIpc) is 3.00. The first-order chi connectivity index (χ1) is 11.5. The van der Waals surface area contributed by atoms with Gasteiger partial charge in [-0.25, -0.2) is 8.42 Å². The van der Waals surface area contributed by atoms with Gasteiger partial charge < -0.3 is 4.52 Å². The van der Waals surface area contributed by atoms with E-state index in [-0.39, 0.29) is 0 Å². The van der Waals surface area contributed by atoms with Gasteiger partial charge in [-0.15, -0.1) is 0 Å². The third-order valence-corrected chi connectivity index (χ3v) is 6.15. The van der Waals surface area contributed by atoms with Crippen LogP contribution < -0.4 is 0 Å². The van der Waals surface area contributed by atoms with Crippen molar-refractivity contribution in [3.63, 3.8) is 0 Å². The molecule has 1 aliphatic rings. The first kappa shape index (κ1) is 17.1. The van der Waals surface area contributed by atoms with Crippen molar-refractivity contribution >= 4 is 10.0 Å². The second-order valence-electron chi connectivity index (χ2n) is 5.91. The normalized spacial score (nSPS) is 17.2. The third kappa shape index (κ3) is 3.66. The molecule has 1 aromatic heterocycles. The lowest BCUT2D eigenvalue weighted by Gasteiger charge is -2.33. The van der Waals surface area contributed by atoms with Crippen molar-refractivity contribution in [2.24, 2.45) is 0 Å². The minimum absolute atomic E-state index is 0.363. The number of hydrogen-bond donors (Lipinski definition) is 0. The Balaban J connectivity index is 1.62. The molecule has 0 saturated carbocycles. The molecular formula is C16H22N4O3S. The summed E-state index contributed by atoms with van der Waals surface area (Å²) in [6.07, 6.45) is 0.897. The van der Waals surface area contributed by atoms with E-state index in [1.165, 1.54) is 0 Å². The molecule has 1 fully saturated rings. The molecule has 0 spiro atoms. The van der Waals surface area contributed by atoms with Gasteiger partial charge in [-0.3, -0.25) is 4.90 Å². The van der Waals surface area contributed by atoms with Crippen LogP contribution >= 0.6 is 0 Å². The summed E-state index contributed by atoms with van der Waals surface area (Å²) in [5.41, 5.74) is 1.13. The van der Waals surface area contributed by atoms with Gasteiger partial charge in [-0.1, -0.05) is 24.2 Å². The van der Waals surface area contributed by atoms with Gasteiger partial charge in [-0.2, -0.15) is 9.29 Å². The van der Waals surface area contributed by atoms with Gasteiger partial charge in [0.25, 0.3) is 0 Å². The predicted octanol–water partition coefficient (Wildman–Crippen LogP) is 1.45. The van der Waals surface area contributed by atoms with Gasteiger partial charge in [0, 0.05) is 33.1 Å². The van der Waals surface area contributed by atoms with Crippen molar-refractivity contribution in [3.8, 4) is 0 Å². The molecule has 2 heterocycles. The molecule has 1 aromatic carbocycles. The maximum atomic E-state index is 12.7. The maximum Gasteiger partial charge on any atom is 0.243 e. The van der Waals surface area contributed by atoms with Crippen molar-refractivity contribution < 1.29 is 12.9 Å². The summed E-state index contributed by atoms with van der Waals surface area (Å²) in [7, 11) is -3.42. The zero-order valence-electron chi connectivity index (χ0n) is 14.0. The molecule has 0 radical (unpaired) electrons. The Morgan fingerprint density at radius 1 is 1.12 bits per heavy atom. The summed E-state index contributed by atoms with van der Waals surface area (Å²) in [5.74, 6) is 1.18. The minimum atomic E-state index is -3.42. The fourth-order valence-corrected chi connectivity index (χ4v) is 4.20. The number of sulfonamides is 1. The smallest absolute Gasteiger partial charge is 0.243 e. The molecule has 0 atom stereocenters. The standard InChI is InChI=1S/C16H22N4O3S/c1-3-14-4-6-15(7-5-14)24(21,22)20-10-8-19(9-11-20)12-16-17-13(2)23-18-16/h4-7H,3,8-12H2,1-2H3. The first-order valence-electron chi connectivity index (χ1n) is 8.09. The Morgan fingerprint density at radius 2 is 1.79 bits per heavy atom. The van der Waals surface area contributed by atoms with Crippen molar-refractivity contribution in [1.29, 1.82) is 0 Å². The number of aryl methyl sites for hydroxylation is 2. The lowest BCUT2D eigenvalue weighted by molar-refractivity contribution is 0.176. The molecule has 1 saturated heterocycles. The monoisotopic (exact) mass is 350 g/mol. The number of aromatic nitrogens is 2. The number of hydrogen-bond acceptors (Lipinski definition) is 6. The zero-order chi connectivity index (χ0) is 17.2. The summed E-state index contributed by atoms with van der Waals surface area (Å²) >= 11 is 0. The highest BCUT2D eigenvalue weighted by molar-refractivity contribution is 7.89. The molecule has 1 aliphatic heterocycles. The lowest BCUT2D eigenvalue weighted by atomic mass is 10.2. The van der Waals surface area contributed by atoms with Gasteiger partial charge in [0.1, 0.15) is 0 Å². The molecule has 0 amide bonds. The average molecular weight is 350 g/mol. The van der Waals surface area contributed by atoms with E-state index >= 15 is 0 Å². The Morgan fingerprint density at radius 3 is 2.33 bits per heavy atom. The number of nitrogens with zero attached hydrogens (tertiary/aromatic N) is 4. The van der Waals surface area contributed by atoms with Crippen LogP contribution in [0.2, 0.25) is 0 Å². The number of piperazine rings is 1.